The molecule has 0 radical (unpaired) electrons. The van der Waals surface area contributed by atoms with E-state index in [1.807, 2.05) is 24.3 Å². The van der Waals surface area contributed by atoms with Crippen LogP contribution >= 0.6 is 0 Å². The summed E-state index contributed by atoms with van der Waals surface area (Å²) < 4.78 is 13.1. The summed E-state index contributed by atoms with van der Waals surface area (Å²) in [4.78, 5) is 24.8. The second-order valence-electron chi connectivity index (χ2n) is 7.13. The van der Waals surface area contributed by atoms with E-state index in [4.69, 9.17) is 0 Å². The third-order valence-electron chi connectivity index (χ3n) is 5.01. The lowest BCUT2D eigenvalue weighted by Crippen LogP contribution is -2.47. The van der Waals surface area contributed by atoms with Crippen LogP contribution in [0.4, 0.5) is 10.2 Å². The molecule has 1 aromatic carbocycles. The van der Waals surface area contributed by atoms with E-state index < -0.39 is 5.95 Å². The van der Waals surface area contributed by atoms with Gasteiger partial charge in [0.25, 0.3) is 0 Å². The number of piperazine rings is 1. The number of rotatable bonds is 4. The van der Waals surface area contributed by atoms with Crippen LogP contribution in [-0.4, -0.2) is 65.4 Å². The molecule has 4 rings (SSSR count). The number of nitrogens with zero attached hydrogens (tertiary/aromatic N) is 4. The lowest BCUT2D eigenvalue weighted by Gasteiger charge is -2.31. The molecular weight excluding hydrogens is 357 g/mol. The summed E-state index contributed by atoms with van der Waals surface area (Å²) in [5.41, 5.74) is 1.77. The number of amides is 1. The van der Waals surface area contributed by atoms with Crippen molar-refractivity contribution in [2.45, 2.75) is 0 Å². The van der Waals surface area contributed by atoms with Gasteiger partial charge < -0.3 is 10.2 Å². The van der Waals surface area contributed by atoms with E-state index in [1.165, 1.54) is 12.3 Å². The summed E-state index contributed by atoms with van der Waals surface area (Å²) >= 11 is 0. The molecule has 1 amide bonds. The van der Waals surface area contributed by atoms with Crippen molar-refractivity contribution in [3.05, 3.63) is 54.7 Å². The fraction of sp³-hybridized carbons (Fsp3) is 0.286. The SMILES string of the molecule is CN1CCN(CC(=O)Nc2cc3cc(-c4ccc(F)nc4)ccc3cn2)CC1.[HH]. The highest BCUT2D eigenvalue weighted by atomic mass is 19.1. The lowest BCUT2D eigenvalue weighted by atomic mass is 10.0. The molecule has 0 unspecified atom stereocenters. The zero-order valence-corrected chi connectivity index (χ0v) is 15.7. The van der Waals surface area contributed by atoms with E-state index in [-0.39, 0.29) is 7.33 Å². The Morgan fingerprint density at radius 2 is 1.82 bits per heavy atom. The van der Waals surface area contributed by atoms with Crippen LogP contribution in [0.25, 0.3) is 21.9 Å². The zero-order valence-electron chi connectivity index (χ0n) is 15.7. The molecule has 6 nitrogen and oxygen atoms in total. The largest absolute Gasteiger partial charge is 0.310 e. The summed E-state index contributed by atoms with van der Waals surface area (Å²) in [6, 6.07) is 10.8. The van der Waals surface area contributed by atoms with Gasteiger partial charge in [-0.15, -0.1) is 0 Å². The van der Waals surface area contributed by atoms with Crippen molar-refractivity contribution in [1.82, 2.24) is 19.8 Å². The third-order valence-corrected chi connectivity index (χ3v) is 5.01. The van der Waals surface area contributed by atoms with Gasteiger partial charge in [0.15, 0.2) is 0 Å². The Kier molecular flexibility index (Phi) is 5.27. The Labute approximate surface area is 164 Å². The highest BCUT2D eigenvalue weighted by Crippen LogP contribution is 2.25. The van der Waals surface area contributed by atoms with Crippen molar-refractivity contribution >= 4 is 22.5 Å². The van der Waals surface area contributed by atoms with Crippen molar-refractivity contribution in [3.8, 4) is 11.1 Å². The van der Waals surface area contributed by atoms with E-state index in [2.05, 4.69) is 32.1 Å². The van der Waals surface area contributed by atoms with E-state index in [0.29, 0.717) is 12.4 Å². The number of carbonyl (C=O) groups is 1. The molecule has 0 saturated carbocycles. The van der Waals surface area contributed by atoms with Gasteiger partial charge in [0, 0.05) is 50.9 Å². The number of halogens is 1. The Morgan fingerprint density at radius 3 is 2.57 bits per heavy atom. The summed E-state index contributed by atoms with van der Waals surface area (Å²) in [6.45, 7) is 4.11. The molecular formula is C21H24FN5O. The Balaban J connectivity index is 0.00000240. The van der Waals surface area contributed by atoms with Crippen molar-refractivity contribution in [2.24, 2.45) is 0 Å². The van der Waals surface area contributed by atoms with Crippen LogP contribution < -0.4 is 5.32 Å². The second kappa shape index (κ2) is 8.00. The fourth-order valence-corrected chi connectivity index (χ4v) is 3.33. The van der Waals surface area contributed by atoms with E-state index >= 15 is 0 Å². The van der Waals surface area contributed by atoms with Gasteiger partial charge in [-0.05, 0) is 42.3 Å². The second-order valence-corrected chi connectivity index (χ2v) is 7.13. The molecule has 2 aromatic heterocycles. The minimum absolute atomic E-state index is 0. The number of nitrogens with one attached hydrogen (secondary N) is 1. The average molecular weight is 381 g/mol. The van der Waals surface area contributed by atoms with Crippen LogP contribution in [0.3, 0.4) is 0 Å². The summed E-state index contributed by atoms with van der Waals surface area (Å²) in [5, 5.41) is 4.81. The van der Waals surface area contributed by atoms with Crippen LogP contribution in [-0.2, 0) is 4.79 Å². The van der Waals surface area contributed by atoms with Crippen molar-refractivity contribution in [2.75, 3.05) is 45.1 Å². The summed E-state index contributed by atoms with van der Waals surface area (Å²) in [6.07, 6.45) is 3.25. The monoisotopic (exact) mass is 381 g/mol. The summed E-state index contributed by atoms with van der Waals surface area (Å²) in [7, 11) is 2.09. The molecule has 146 valence electrons. The van der Waals surface area contributed by atoms with Crippen LogP contribution in [0, 0.1) is 5.95 Å². The Morgan fingerprint density at radius 1 is 1.04 bits per heavy atom. The van der Waals surface area contributed by atoms with E-state index in [0.717, 1.165) is 48.1 Å². The van der Waals surface area contributed by atoms with Crippen molar-refractivity contribution in [3.63, 3.8) is 0 Å². The minimum atomic E-state index is -0.501. The maximum absolute atomic E-state index is 13.1. The van der Waals surface area contributed by atoms with E-state index in [1.54, 1.807) is 12.3 Å². The number of fused-ring (bicyclic) bond motifs is 1. The first kappa shape index (κ1) is 18.5. The molecule has 28 heavy (non-hydrogen) atoms. The molecule has 7 heteroatoms. The van der Waals surface area contributed by atoms with Crippen LogP contribution in [0.15, 0.2) is 48.8 Å². The summed E-state index contributed by atoms with van der Waals surface area (Å²) in [5.74, 6) is -0.0320. The molecule has 3 aromatic rings. The molecule has 3 heterocycles. The lowest BCUT2D eigenvalue weighted by molar-refractivity contribution is -0.117. The fourth-order valence-electron chi connectivity index (χ4n) is 3.33. The van der Waals surface area contributed by atoms with Gasteiger partial charge in [0.05, 0.1) is 6.54 Å². The molecule has 0 spiro atoms. The third kappa shape index (κ3) is 4.32. The zero-order chi connectivity index (χ0) is 19.5. The quantitative estimate of drug-likeness (QED) is 0.704. The Hall–Kier alpha value is -2.90. The van der Waals surface area contributed by atoms with Crippen LogP contribution in [0.1, 0.15) is 1.43 Å². The van der Waals surface area contributed by atoms with Gasteiger partial charge in [0.1, 0.15) is 5.82 Å². The standard InChI is InChI=1S/C21H22FN5O.H2/c1-26-6-8-27(9-7-26)14-21(28)25-20-11-18-10-15(2-3-17(18)13-24-20)16-4-5-19(22)23-12-16;/h2-5,10-13H,6-9,14H2,1H3,(H,24,25,28);1H. The minimum Gasteiger partial charge on any atom is -0.310 e. The molecule has 1 aliphatic rings. The van der Waals surface area contributed by atoms with Gasteiger partial charge in [-0.3, -0.25) is 9.69 Å². The predicted octanol–water partition coefficient (Wildman–Crippen LogP) is 2.87. The normalized spacial score (nSPS) is 15.6. The van der Waals surface area contributed by atoms with Gasteiger partial charge in [-0.1, -0.05) is 12.1 Å². The smallest absolute Gasteiger partial charge is 0.239 e. The molecule has 0 atom stereocenters. The number of benzene rings is 1. The first-order valence-electron chi connectivity index (χ1n) is 9.29. The molecule has 1 fully saturated rings. The molecule has 1 N–H and O–H groups in total. The maximum Gasteiger partial charge on any atom is 0.239 e. The number of anilines is 1. The highest BCUT2D eigenvalue weighted by Gasteiger charge is 2.16. The highest BCUT2D eigenvalue weighted by molar-refractivity contribution is 5.94. The Bertz CT molecular complexity index is 990. The van der Waals surface area contributed by atoms with Crippen molar-refractivity contribution in [1.29, 1.82) is 0 Å². The number of aromatic nitrogens is 2. The van der Waals surface area contributed by atoms with Crippen LogP contribution in [0.2, 0.25) is 0 Å². The van der Waals surface area contributed by atoms with E-state index in [9.17, 15) is 9.18 Å². The van der Waals surface area contributed by atoms with Gasteiger partial charge in [0.2, 0.25) is 11.9 Å². The number of likely N-dealkylation sites (N-methyl/N-ethyl adjacent to an activating group) is 1. The first-order chi connectivity index (χ1) is 13.6. The molecule has 1 aliphatic heterocycles. The van der Waals surface area contributed by atoms with Gasteiger partial charge >= 0.3 is 0 Å². The first-order valence-corrected chi connectivity index (χ1v) is 9.29. The number of hydrogen-bond donors (Lipinski definition) is 1. The number of hydrogen-bond acceptors (Lipinski definition) is 5. The molecule has 0 bridgehead atoms. The number of carbonyl (C=O) groups excluding carboxylic acids is 1. The van der Waals surface area contributed by atoms with Crippen molar-refractivity contribution < 1.29 is 10.6 Å². The maximum atomic E-state index is 13.1. The molecule has 1 saturated heterocycles. The topological polar surface area (TPSA) is 61.4 Å². The number of pyridine rings is 2. The van der Waals surface area contributed by atoms with Crippen LogP contribution in [0.5, 0.6) is 0 Å². The average Bonchev–Trinajstić information content (AvgIpc) is 2.70. The van der Waals surface area contributed by atoms with Gasteiger partial charge in [-0.2, -0.15) is 4.39 Å². The molecule has 0 aliphatic carbocycles. The van der Waals surface area contributed by atoms with Gasteiger partial charge in [-0.25, -0.2) is 9.97 Å². The predicted molar refractivity (Wildman–Crippen MR) is 110 cm³/mol.